The van der Waals surface area contributed by atoms with Crippen molar-refractivity contribution in [1.29, 1.82) is 0 Å². The van der Waals surface area contributed by atoms with Gasteiger partial charge in [0.25, 0.3) is 0 Å². The zero-order valence-corrected chi connectivity index (χ0v) is 18.0. The monoisotopic (exact) mass is 531 g/mol. The number of nitrogens with one attached hydrogen (secondary N) is 1. The minimum absolute atomic E-state index is 0.0183. The number of carbonyl (C=O) groups is 1. The van der Waals surface area contributed by atoms with E-state index in [4.69, 9.17) is 9.47 Å². The first kappa shape index (κ1) is 20.4. The highest BCUT2D eigenvalue weighted by molar-refractivity contribution is 14.1. The summed E-state index contributed by atoms with van der Waals surface area (Å²) in [5, 5.41) is 20.1. The van der Waals surface area contributed by atoms with Crippen molar-refractivity contribution in [2.24, 2.45) is 0 Å². The molecule has 0 amide bonds. The highest BCUT2D eigenvalue weighted by atomic mass is 127. The SMILES string of the molecule is O=C(O)C(O)(NS(=O)(=O)c1ccccc1I)Oc1cccc2c1OC1CCCC21. The number of sulfonamides is 1. The Morgan fingerprint density at radius 2 is 1.97 bits per heavy atom. The summed E-state index contributed by atoms with van der Waals surface area (Å²) in [5.41, 5.74) is 0.873. The molecular formula is C19H18INO7S. The van der Waals surface area contributed by atoms with Gasteiger partial charge < -0.3 is 19.7 Å². The van der Waals surface area contributed by atoms with Crippen LogP contribution in [0.4, 0.5) is 0 Å². The van der Waals surface area contributed by atoms with Crippen molar-refractivity contribution < 1.29 is 32.9 Å². The number of fused-ring (bicyclic) bond motifs is 3. The Kier molecular flexibility index (Phi) is 5.21. The smallest absolute Gasteiger partial charge is 0.395 e. The fraction of sp³-hybridized carbons (Fsp3) is 0.316. The summed E-state index contributed by atoms with van der Waals surface area (Å²) >= 11 is 1.81. The number of halogens is 1. The third-order valence-corrected chi connectivity index (χ3v) is 7.86. The second kappa shape index (κ2) is 7.42. The summed E-state index contributed by atoms with van der Waals surface area (Å²) in [6.45, 7) is 0. The number of hydrogen-bond donors (Lipinski definition) is 3. The Morgan fingerprint density at radius 3 is 2.69 bits per heavy atom. The Labute approximate surface area is 181 Å². The van der Waals surface area contributed by atoms with Gasteiger partial charge in [-0.15, -0.1) is 4.72 Å². The van der Waals surface area contributed by atoms with Gasteiger partial charge in [-0.25, -0.2) is 13.2 Å². The van der Waals surface area contributed by atoms with Gasteiger partial charge in [-0.3, -0.25) is 0 Å². The van der Waals surface area contributed by atoms with E-state index in [0.29, 0.717) is 9.32 Å². The summed E-state index contributed by atoms with van der Waals surface area (Å²) in [6.07, 6.45) is 2.84. The van der Waals surface area contributed by atoms with E-state index in [2.05, 4.69) is 0 Å². The normalized spacial score (nSPS) is 22.3. The largest absolute Gasteiger partial charge is 0.486 e. The molecule has 1 fully saturated rings. The van der Waals surface area contributed by atoms with Crippen LogP contribution in [0.2, 0.25) is 0 Å². The van der Waals surface area contributed by atoms with Crippen LogP contribution < -0.4 is 14.2 Å². The molecular weight excluding hydrogens is 513 g/mol. The van der Waals surface area contributed by atoms with Crippen LogP contribution in [0.15, 0.2) is 47.4 Å². The molecule has 0 spiro atoms. The summed E-state index contributed by atoms with van der Waals surface area (Å²) < 4.78 is 38.8. The predicted octanol–water partition coefficient (Wildman–Crippen LogP) is 2.41. The van der Waals surface area contributed by atoms with E-state index in [1.165, 1.54) is 18.2 Å². The quantitative estimate of drug-likeness (QED) is 0.387. The van der Waals surface area contributed by atoms with Crippen LogP contribution >= 0.6 is 22.6 Å². The molecule has 8 nitrogen and oxygen atoms in total. The van der Waals surface area contributed by atoms with E-state index in [1.807, 2.05) is 28.7 Å². The molecule has 0 saturated heterocycles. The molecule has 2 aromatic carbocycles. The van der Waals surface area contributed by atoms with E-state index in [9.17, 15) is 23.4 Å². The number of benzene rings is 2. The van der Waals surface area contributed by atoms with Gasteiger partial charge in [0.05, 0.1) is 4.90 Å². The van der Waals surface area contributed by atoms with Gasteiger partial charge in [-0.05, 0) is 60.1 Å². The van der Waals surface area contributed by atoms with Crippen molar-refractivity contribution in [3.05, 3.63) is 51.6 Å². The molecule has 3 unspecified atom stereocenters. The molecule has 0 aromatic heterocycles. The Morgan fingerprint density at radius 1 is 1.21 bits per heavy atom. The van der Waals surface area contributed by atoms with Crippen LogP contribution in [0.3, 0.4) is 0 Å². The van der Waals surface area contributed by atoms with Gasteiger partial charge in [0, 0.05) is 15.1 Å². The molecule has 2 aliphatic rings. The summed E-state index contributed by atoms with van der Waals surface area (Å²) in [6, 6.07) is 11.0. The lowest BCUT2D eigenvalue weighted by Crippen LogP contribution is -2.58. The van der Waals surface area contributed by atoms with E-state index < -0.39 is 21.9 Å². The number of carboxylic acid groups (broad SMARTS) is 1. The molecule has 0 bridgehead atoms. The molecule has 10 heteroatoms. The molecule has 3 atom stereocenters. The van der Waals surface area contributed by atoms with E-state index >= 15 is 0 Å². The van der Waals surface area contributed by atoms with Crippen LogP contribution in [0.5, 0.6) is 11.5 Å². The molecule has 154 valence electrons. The summed E-state index contributed by atoms with van der Waals surface area (Å²) in [4.78, 5) is 11.6. The number of rotatable bonds is 6. The number of para-hydroxylation sites is 1. The topological polar surface area (TPSA) is 122 Å². The minimum Gasteiger partial charge on any atom is -0.486 e. The summed E-state index contributed by atoms with van der Waals surface area (Å²) in [7, 11) is -4.40. The highest BCUT2D eigenvalue weighted by Crippen LogP contribution is 2.51. The van der Waals surface area contributed by atoms with Crippen LogP contribution in [0.1, 0.15) is 30.7 Å². The number of aliphatic hydroxyl groups is 1. The molecule has 1 aliphatic heterocycles. The lowest BCUT2D eigenvalue weighted by atomic mass is 9.97. The molecule has 0 radical (unpaired) electrons. The summed E-state index contributed by atoms with van der Waals surface area (Å²) in [5.74, 6) is -4.62. The van der Waals surface area contributed by atoms with Crippen LogP contribution in [0.25, 0.3) is 0 Å². The average molecular weight is 531 g/mol. The van der Waals surface area contributed by atoms with Crippen molar-refractivity contribution in [1.82, 2.24) is 4.72 Å². The first-order valence-corrected chi connectivity index (χ1v) is 11.5. The fourth-order valence-electron chi connectivity index (χ4n) is 3.77. The van der Waals surface area contributed by atoms with Gasteiger partial charge in [-0.1, -0.05) is 24.3 Å². The molecule has 4 rings (SSSR count). The molecule has 3 N–H and O–H groups in total. The van der Waals surface area contributed by atoms with Crippen molar-refractivity contribution >= 4 is 38.6 Å². The highest BCUT2D eigenvalue weighted by Gasteiger charge is 2.46. The zero-order chi connectivity index (χ0) is 20.8. The maximum atomic E-state index is 12.7. The van der Waals surface area contributed by atoms with E-state index in [-0.39, 0.29) is 22.7 Å². The molecule has 2 aromatic rings. The lowest BCUT2D eigenvalue weighted by Gasteiger charge is -2.26. The van der Waals surface area contributed by atoms with Crippen molar-refractivity contribution in [2.75, 3.05) is 0 Å². The van der Waals surface area contributed by atoms with Gasteiger partial charge in [0.1, 0.15) is 6.10 Å². The maximum Gasteiger partial charge on any atom is 0.395 e. The third kappa shape index (κ3) is 3.69. The second-order valence-electron chi connectivity index (χ2n) is 6.96. The maximum absolute atomic E-state index is 12.7. The second-order valence-corrected chi connectivity index (χ2v) is 9.77. The first-order valence-electron chi connectivity index (χ1n) is 8.94. The molecule has 1 aliphatic carbocycles. The standard InChI is InChI=1S/C19H18INO7S/c20-13-7-1-2-10-16(13)29(25,26)21-19(24,18(22)23)28-15-9-4-6-12-11-5-3-8-14(11)27-17(12)15/h1-2,4,6-7,9-11,14,21,24H,3,5,8H2,(H,22,23). The van der Waals surface area contributed by atoms with Crippen molar-refractivity contribution in [2.45, 2.75) is 42.1 Å². The Balaban J connectivity index is 1.67. The van der Waals surface area contributed by atoms with Crippen LogP contribution in [-0.2, 0) is 14.8 Å². The van der Waals surface area contributed by atoms with Gasteiger partial charge in [0.15, 0.2) is 11.5 Å². The van der Waals surface area contributed by atoms with Crippen molar-refractivity contribution in [3.8, 4) is 11.5 Å². The van der Waals surface area contributed by atoms with Gasteiger partial charge in [-0.2, -0.15) is 0 Å². The third-order valence-electron chi connectivity index (χ3n) is 5.08. The first-order chi connectivity index (χ1) is 13.7. The van der Waals surface area contributed by atoms with Crippen molar-refractivity contribution in [3.63, 3.8) is 0 Å². The average Bonchev–Trinajstić information content (AvgIpc) is 3.23. The number of ether oxygens (including phenoxy) is 2. The lowest BCUT2D eigenvalue weighted by molar-refractivity contribution is -0.197. The molecule has 1 saturated carbocycles. The molecule has 29 heavy (non-hydrogen) atoms. The van der Waals surface area contributed by atoms with E-state index in [1.54, 1.807) is 22.9 Å². The van der Waals surface area contributed by atoms with Gasteiger partial charge in [0.2, 0.25) is 10.0 Å². The Bertz CT molecular complexity index is 1070. The number of hydrogen-bond acceptors (Lipinski definition) is 6. The number of aliphatic carboxylic acids is 1. The van der Waals surface area contributed by atoms with Crippen LogP contribution in [0, 0.1) is 3.57 Å². The number of carboxylic acids is 1. The Hall–Kier alpha value is -1.89. The van der Waals surface area contributed by atoms with E-state index in [0.717, 1.165) is 24.8 Å². The zero-order valence-electron chi connectivity index (χ0n) is 15.0. The minimum atomic E-state index is -4.40. The van der Waals surface area contributed by atoms with Crippen LogP contribution in [-0.4, -0.2) is 36.6 Å². The molecule has 1 heterocycles. The fourth-order valence-corrected chi connectivity index (χ4v) is 6.22. The predicted molar refractivity (Wildman–Crippen MR) is 110 cm³/mol. The van der Waals surface area contributed by atoms with Gasteiger partial charge >= 0.3 is 11.9 Å².